The van der Waals surface area contributed by atoms with Gasteiger partial charge in [0.15, 0.2) is 0 Å². The number of nitrogens with one attached hydrogen (secondary N) is 1. The number of carbonyl (C=O) groups excluding carboxylic acids is 1. The second kappa shape index (κ2) is 6.20. The molecule has 0 spiro atoms. The molecule has 2 unspecified atom stereocenters. The van der Waals surface area contributed by atoms with Gasteiger partial charge in [0.2, 0.25) is 5.91 Å². The van der Waals surface area contributed by atoms with E-state index < -0.39 is 0 Å². The third kappa shape index (κ3) is 3.84. The fraction of sp³-hybridized carbons (Fsp3) is 0.500. The lowest BCUT2D eigenvalue weighted by Gasteiger charge is -2.18. The van der Waals surface area contributed by atoms with Crippen LogP contribution in [0, 0.1) is 13.8 Å². The Morgan fingerprint density at radius 1 is 1.41 bits per heavy atom. The number of rotatable bonds is 4. The number of benzene rings is 1. The van der Waals surface area contributed by atoms with Crippen LogP contribution in [0.15, 0.2) is 18.2 Å². The van der Waals surface area contributed by atoms with Crippen molar-refractivity contribution < 1.29 is 4.79 Å². The van der Waals surface area contributed by atoms with Crippen molar-refractivity contribution in [1.82, 2.24) is 5.32 Å². The summed E-state index contributed by atoms with van der Waals surface area (Å²) in [5.74, 6) is 0.0564. The summed E-state index contributed by atoms with van der Waals surface area (Å²) < 4.78 is 0. The normalized spacial score (nSPS) is 14.2. The van der Waals surface area contributed by atoms with Gasteiger partial charge in [-0.3, -0.25) is 4.79 Å². The van der Waals surface area contributed by atoms with Gasteiger partial charge < -0.3 is 5.32 Å². The monoisotopic (exact) mass is 297 g/mol. The average molecular weight is 298 g/mol. The van der Waals surface area contributed by atoms with E-state index in [1.165, 1.54) is 16.7 Å². The molecule has 1 aromatic rings. The lowest BCUT2D eigenvalue weighted by molar-refractivity contribution is -0.121. The van der Waals surface area contributed by atoms with E-state index >= 15 is 0 Å². The van der Waals surface area contributed by atoms with Crippen molar-refractivity contribution in [3.63, 3.8) is 0 Å². The molecular weight excluding hydrogens is 278 g/mol. The molecule has 0 aliphatic rings. The molecule has 0 aromatic heterocycles. The second-order valence-corrected chi connectivity index (χ2v) is 5.57. The Morgan fingerprint density at radius 3 is 2.65 bits per heavy atom. The maximum absolute atomic E-state index is 11.8. The molecule has 0 fully saturated rings. The van der Waals surface area contributed by atoms with Gasteiger partial charge in [-0.05, 0) is 38.3 Å². The molecule has 2 atom stereocenters. The fourth-order valence-corrected chi connectivity index (χ4v) is 1.93. The first-order valence-corrected chi connectivity index (χ1v) is 6.88. The minimum Gasteiger partial charge on any atom is -0.349 e. The molecule has 1 aromatic carbocycles. The van der Waals surface area contributed by atoms with E-state index in [-0.39, 0.29) is 16.8 Å². The van der Waals surface area contributed by atoms with E-state index in [1.54, 1.807) is 0 Å². The highest BCUT2D eigenvalue weighted by molar-refractivity contribution is 9.10. The minimum absolute atomic E-state index is 0.0500. The Morgan fingerprint density at radius 2 is 2.06 bits per heavy atom. The Balaban J connectivity index is 2.79. The molecule has 3 heteroatoms. The molecule has 0 aliphatic heterocycles. The van der Waals surface area contributed by atoms with Crippen LogP contribution in [0.4, 0.5) is 0 Å². The van der Waals surface area contributed by atoms with Gasteiger partial charge in [0.1, 0.15) is 0 Å². The van der Waals surface area contributed by atoms with Crippen molar-refractivity contribution in [2.24, 2.45) is 0 Å². The van der Waals surface area contributed by atoms with E-state index in [0.29, 0.717) is 0 Å². The highest BCUT2D eigenvalue weighted by Crippen LogP contribution is 2.19. The quantitative estimate of drug-likeness (QED) is 0.845. The zero-order chi connectivity index (χ0) is 13.0. The molecule has 0 saturated heterocycles. The highest BCUT2D eigenvalue weighted by Gasteiger charge is 2.16. The van der Waals surface area contributed by atoms with Crippen molar-refractivity contribution in [3.05, 3.63) is 34.9 Å². The molecule has 1 rings (SSSR count). The summed E-state index contributed by atoms with van der Waals surface area (Å²) in [6.45, 7) is 8.15. The number of hydrogen-bond donors (Lipinski definition) is 1. The standard InChI is InChI=1S/C14H20BrNO/c1-5-13(15)14(17)16-11(4)12-8-9(2)6-7-10(12)3/h6-8,11,13H,5H2,1-4H3,(H,16,17). The van der Waals surface area contributed by atoms with Crippen molar-refractivity contribution in [3.8, 4) is 0 Å². The molecule has 1 N–H and O–H groups in total. The molecule has 0 saturated carbocycles. The third-order valence-corrected chi connectivity index (χ3v) is 3.97. The topological polar surface area (TPSA) is 29.1 Å². The first-order valence-electron chi connectivity index (χ1n) is 5.97. The Hall–Kier alpha value is -0.830. The smallest absolute Gasteiger partial charge is 0.234 e. The number of carbonyl (C=O) groups is 1. The summed E-state index contributed by atoms with van der Waals surface area (Å²) in [4.78, 5) is 11.7. The lowest BCUT2D eigenvalue weighted by Crippen LogP contribution is -2.33. The van der Waals surface area contributed by atoms with Crippen LogP contribution in [0.2, 0.25) is 0 Å². The molecule has 0 heterocycles. The summed E-state index contributed by atoms with van der Waals surface area (Å²) in [6, 6.07) is 6.37. The van der Waals surface area contributed by atoms with Crippen molar-refractivity contribution in [2.45, 2.75) is 45.0 Å². The van der Waals surface area contributed by atoms with E-state index in [0.717, 1.165) is 6.42 Å². The Kier molecular flexibility index (Phi) is 5.19. The van der Waals surface area contributed by atoms with Gasteiger partial charge in [-0.1, -0.05) is 46.6 Å². The number of halogens is 1. The number of hydrogen-bond acceptors (Lipinski definition) is 1. The summed E-state index contributed by atoms with van der Waals surface area (Å²) >= 11 is 3.36. The predicted molar refractivity (Wildman–Crippen MR) is 75.5 cm³/mol. The number of amides is 1. The van der Waals surface area contributed by atoms with Crippen LogP contribution in [0.5, 0.6) is 0 Å². The molecule has 0 radical (unpaired) electrons. The summed E-state index contributed by atoms with van der Waals surface area (Å²) in [5, 5.41) is 3.03. The van der Waals surface area contributed by atoms with Crippen LogP contribution in [0.3, 0.4) is 0 Å². The van der Waals surface area contributed by atoms with Gasteiger partial charge >= 0.3 is 0 Å². The van der Waals surface area contributed by atoms with E-state index in [2.05, 4.69) is 53.3 Å². The zero-order valence-corrected chi connectivity index (χ0v) is 12.5. The first kappa shape index (κ1) is 14.2. The Bertz CT molecular complexity index is 403. The van der Waals surface area contributed by atoms with Gasteiger partial charge in [-0.2, -0.15) is 0 Å². The van der Waals surface area contributed by atoms with Crippen LogP contribution in [0.1, 0.15) is 43.0 Å². The summed E-state index contributed by atoms with van der Waals surface area (Å²) in [5.41, 5.74) is 3.62. The van der Waals surface area contributed by atoms with Gasteiger partial charge in [0.05, 0.1) is 10.9 Å². The largest absolute Gasteiger partial charge is 0.349 e. The van der Waals surface area contributed by atoms with Gasteiger partial charge in [0, 0.05) is 0 Å². The molecule has 94 valence electrons. The lowest BCUT2D eigenvalue weighted by atomic mass is 10.00. The molecule has 2 nitrogen and oxygen atoms in total. The van der Waals surface area contributed by atoms with Crippen LogP contribution in [-0.2, 0) is 4.79 Å². The minimum atomic E-state index is -0.102. The number of aryl methyl sites for hydroxylation is 2. The van der Waals surface area contributed by atoms with E-state index in [1.807, 2.05) is 13.8 Å². The maximum atomic E-state index is 11.8. The second-order valence-electron chi connectivity index (χ2n) is 4.47. The zero-order valence-electron chi connectivity index (χ0n) is 10.9. The van der Waals surface area contributed by atoms with E-state index in [4.69, 9.17) is 0 Å². The summed E-state index contributed by atoms with van der Waals surface area (Å²) in [7, 11) is 0. The molecular formula is C14H20BrNO. The molecule has 0 bridgehead atoms. The van der Waals surface area contributed by atoms with Gasteiger partial charge in [-0.25, -0.2) is 0 Å². The number of alkyl halides is 1. The van der Waals surface area contributed by atoms with Crippen LogP contribution < -0.4 is 5.32 Å². The SMILES string of the molecule is CCC(Br)C(=O)NC(C)c1cc(C)ccc1C. The van der Waals surface area contributed by atoms with Crippen molar-refractivity contribution in [2.75, 3.05) is 0 Å². The maximum Gasteiger partial charge on any atom is 0.234 e. The van der Waals surface area contributed by atoms with Crippen molar-refractivity contribution >= 4 is 21.8 Å². The average Bonchev–Trinajstić information content (AvgIpc) is 2.30. The molecule has 1 amide bonds. The van der Waals surface area contributed by atoms with Crippen LogP contribution in [0.25, 0.3) is 0 Å². The first-order chi connectivity index (χ1) is 7.95. The summed E-state index contributed by atoms with van der Waals surface area (Å²) in [6.07, 6.45) is 0.797. The van der Waals surface area contributed by atoms with E-state index in [9.17, 15) is 4.79 Å². The Labute approximate surface area is 112 Å². The van der Waals surface area contributed by atoms with Crippen molar-refractivity contribution in [1.29, 1.82) is 0 Å². The van der Waals surface area contributed by atoms with Gasteiger partial charge in [-0.15, -0.1) is 0 Å². The predicted octanol–water partition coefficient (Wildman–Crippen LogP) is 3.65. The molecule has 0 aliphatic carbocycles. The fourth-order valence-electron chi connectivity index (χ4n) is 1.79. The van der Waals surface area contributed by atoms with Crippen LogP contribution >= 0.6 is 15.9 Å². The highest BCUT2D eigenvalue weighted by atomic mass is 79.9. The molecule has 17 heavy (non-hydrogen) atoms. The van der Waals surface area contributed by atoms with Crippen LogP contribution in [-0.4, -0.2) is 10.7 Å². The van der Waals surface area contributed by atoms with Gasteiger partial charge in [0.25, 0.3) is 0 Å². The third-order valence-electron chi connectivity index (χ3n) is 2.90.